The number of rotatable bonds is 0. The molecule has 0 aromatic heterocycles. The van der Waals surface area contributed by atoms with E-state index < -0.39 is 0 Å². The average Bonchev–Trinajstić information content (AvgIpc) is 3.08. The molecule has 2 saturated carbocycles. The summed E-state index contributed by atoms with van der Waals surface area (Å²) >= 11 is 0. The summed E-state index contributed by atoms with van der Waals surface area (Å²) in [5.41, 5.74) is 2.56. The molecule has 1 saturated heterocycles. The minimum absolute atomic E-state index is 0.00321. The fourth-order valence-corrected chi connectivity index (χ4v) is 6.85. The molecule has 3 aliphatic carbocycles. The lowest BCUT2D eigenvalue weighted by molar-refractivity contribution is -0.163. The molecule has 0 amide bonds. The van der Waals surface area contributed by atoms with E-state index in [9.17, 15) is 9.18 Å². The van der Waals surface area contributed by atoms with E-state index in [1.807, 2.05) is 6.07 Å². The second-order valence-electron chi connectivity index (χ2n) is 8.72. The summed E-state index contributed by atoms with van der Waals surface area (Å²) in [7, 11) is 0. The number of ether oxygens (including phenoxy) is 1. The summed E-state index contributed by atoms with van der Waals surface area (Å²) in [5, 5.41) is 0. The number of fused-ring (bicyclic) bond motifs is 6. The van der Waals surface area contributed by atoms with Gasteiger partial charge in [0.25, 0.3) is 0 Å². The fraction of sp³-hybridized carbons (Fsp3) is 0.667. The van der Waals surface area contributed by atoms with E-state index in [0.29, 0.717) is 24.2 Å². The van der Waals surface area contributed by atoms with E-state index >= 15 is 0 Å². The van der Waals surface area contributed by atoms with Gasteiger partial charge in [-0.15, -0.1) is 0 Å². The van der Waals surface area contributed by atoms with Crippen LogP contribution in [0.4, 0.5) is 4.39 Å². The molecule has 0 bridgehead atoms. The van der Waals surface area contributed by atoms with Gasteiger partial charge in [0.1, 0.15) is 11.4 Å². The highest BCUT2D eigenvalue weighted by atomic mass is 19.1. The van der Waals surface area contributed by atoms with Gasteiger partial charge in [0.05, 0.1) is 0 Å². The first-order valence-electron chi connectivity index (χ1n) is 9.53. The molecule has 5 rings (SSSR count). The zero-order valence-corrected chi connectivity index (χ0v) is 14.3. The molecule has 1 aromatic carbocycles. The third kappa shape index (κ3) is 1.79. The first-order valence-corrected chi connectivity index (χ1v) is 9.53. The van der Waals surface area contributed by atoms with E-state index in [1.165, 1.54) is 17.5 Å². The Morgan fingerprint density at radius 3 is 2.79 bits per heavy atom. The van der Waals surface area contributed by atoms with Crippen molar-refractivity contribution in [1.82, 2.24) is 0 Å². The third-order valence-corrected chi connectivity index (χ3v) is 8.02. The molecule has 1 heterocycles. The maximum atomic E-state index is 13.6. The molecule has 3 heteroatoms. The highest BCUT2D eigenvalue weighted by molar-refractivity contribution is 5.72. The molecular weight excluding hydrogens is 303 g/mol. The molecule has 5 atom stereocenters. The quantitative estimate of drug-likeness (QED) is 0.642. The maximum absolute atomic E-state index is 13.6. The van der Waals surface area contributed by atoms with Crippen LogP contribution in [-0.4, -0.2) is 11.6 Å². The molecular formula is C21H25FO2. The number of esters is 1. The van der Waals surface area contributed by atoms with E-state index in [4.69, 9.17) is 4.74 Å². The van der Waals surface area contributed by atoms with Crippen LogP contribution in [0.1, 0.15) is 68.9 Å². The monoisotopic (exact) mass is 328 g/mol. The summed E-state index contributed by atoms with van der Waals surface area (Å²) in [6.07, 6.45) is 8.16. The largest absolute Gasteiger partial charge is 0.458 e. The summed E-state index contributed by atoms with van der Waals surface area (Å²) in [5.74, 6) is 1.77. The van der Waals surface area contributed by atoms with Crippen LogP contribution in [0.3, 0.4) is 0 Å². The number of hydrogen-bond acceptors (Lipinski definition) is 2. The topological polar surface area (TPSA) is 26.3 Å². The lowest BCUT2D eigenvalue weighted by Gasteiger charge is -2.53. The van der Waals surface area contributed by atoms with Gasteiger partial charge in [-0.2, -0.15) is 0 Å². The Morgan fingerprint density at radius 2 is 2.00 bits per heavy atom. The van der Waals surface area contributed by atoms with Crippen LogP contribution in [0.5, 0.6) is 0 Å². The Labute approximate surface area is 142 Å². The number of benzene rings is 1. The average molecular weight is 328 g/mol. The standard InChI is InChI=1S/C21H25FO2/c1-20-9-6-16-15-5-3-14(22)12-13(15)2-4-17(16)18(20)7-10-21(20)11-8-19(23)24-21/h3,5,12,16-18H,2,4,6-11H2,1H3/t16?,17?,18?,20-,21-/m0/s1. The van der Waals surface area contributed by atoms with Crippen LogP contribution in [-0.2, 0) is 16.0 Å². The van der Waals surface area contributed by atoms with E-state index in [1.54, 1.807) is 12.1 Å². The lowest BCUT2D eigenvalue weighted by atomic mass is 9.53. The first kappa shape index (κ1) is 14.9. The summed E-state index contributed by atoms with van der Waals surface area (Å²) in [6.45, 7) is 2.39. The van der Waals surface area contributed by atoms with Gasteiger partial charge in [-0.1, -0.05) is 13.0 Å². The van der Waals surface area contributed by atoms with E-state index in [-0.39, 0.29) is 22.8 Å². The number of aryl methyl sites for hydroxylation is 1. The SMILES string of the molecule is C[C@]12CCC3c4ccc(F)cc4CCC3C1CC[C@]21CCC(=O)O1. The van der Waals surface area contributed by atoms with Gasteiger partial charge in [0, 0.05) is 11.8 Å². The van der Waals surface area contributed by atoms with Crippen molar-refractivity contribution in [2.45, 2.75) is 69.8 Å². The molecule has 1 aliphatic heterocycles. The van der Waals surface area contributed by atoms with Crippen molar-refractivity contribution in [2.24, 2.45) is 17.3 Å². The summed E-state index contributed by atoms with van der Waals surface area (Å²) in [4.78, 5) is 11.8. The predicted octanol–water partition coefficient (Wildman–Crippen LogP) is 4.76. The van der Waals surface area contributed by atoms with Gasteiger partial charge in [-0.05, 0) is 86.0 Å². The fourth-order valence-electron chi connectivity index (χ4n) is 6.85. The smallest absolute Gasteiger partial charge is 0.306 e. The Kier molecular flexibility index (Phi) is 3.00. The number of hydrogen-bond donors (Lipinski definition) is 0. The van der Waals surface area contributed by atoms with Crippen molar-refractivity contribution in [3.8, 4) is 0 Å². The van der Waals surface area contributed by atoms with Crippen molar-refractivity contribution >= 4 is 5.97 Å². The van der Waals surface area contributed by atoms with Crippen LogP contribution in [0.25, 0.3) is 0 Å². The van der Waals surface area contributed by atoms with Crippen LogP contribution in [0, 0.1) is 23.1 Å². The second-order valence-corrected chi connectivity index (χ2v) is 8.72. The van der Waals surface area contributed by atoms with Gasteiger partial charge in [0.2, 0.25) is 0 Å². The Bertz CT molecular complexity index is 714. The van der Waals surface area contributed by atoms with Crippen molar-refractivity contribution in [3.63, 3.8) is 0 Å². The highest BCUT2D eigenvalue weighted by Crippen LogP contribution is 2.67. The summed E-state index contributed by atoms with van der Waals surface area (Å²) < 4.78 is 19.5. The van der Waals surface area contributed by atoms with Crippen LogP contribution >= 0.6 is 0 Å². The Balaban J connectivity index is 1.51. The number of carbonyl (C=O) groups is 1. The Morgan fingerprint density at radius 1 is 1.12 bits per heavy atom. The normalized spacial score (nSPS) is 43.2. The van der Waals surface area contributed by atoms with Gasteiger partial charge < -0.3 is 4.74 Å². The molecule has 2 nitrogen and oxygen atoms in total. The van der Waals surface area contributed by atoms with Crippen molar-refractivity contribution < 1.29 is 13.9 Å². The molecule has 0 radical (unpaired) electrons. The predicted molar refractivity (Wildman–Crippen MR) is 89.1 cm³/mol. The lowest BCUT2D eigenvalue weighted by Crippen LogP contribution is -2.50. The molecule has 1 spiro atoms. The zero-order chi connectivity index (χ0) is 16.5. The van der Waals surface area contributed by atoms with Gasteiger partial charge in [-0.3, -0.25) is 4.79 Å². The van der Waals surface area contributed by atoms with Crippen molar-refractivity contribution in [1.29, 1.82) is 0 Å². The van der Waals surface area contributed by atoms with Crippen LogP contribution < -0.4 is 0 Å². The minimum Gasteiger partial charge on any atom is -0.458 e. The van der Waals surface area contributed by atoms with E-state index in [0.717, 1.165) is 38.5 Å². The van der Waals surface area contributed by atoms with Gasteiger partial charge in [0.15, 0.2) is 0 Å². The minimum atomic E-state index is -0.192. The van der Waals surface area contributed by atoms with Crippen LogP contribution in [0.2, 0.25) is 0 Å². The molecule has 0 N–H and O–H groups in total. The summed E-state index contributed by atoms with van der Waals surface area (Å²) in [6, 6.07) is 5.41. The Hall–Kier alpha value is -1.38. The van der Waals surface area contributed by atoms with E-state index in [2.05, 4.69) is 6.92 Å². The molecule has 128 valence electrons. The molecule has 3 unspecified atom stereocenters. The number of carbonyl (C=O) groups excluding carboxylic acids is 1. The second kappa shape index (κ2) is 4.83. The van der Waals surface area contributed by atoms with Crippen LogP contribution in [0.15, 0.2) is 18.2 Å². The molecule has 3 fully saturated rings. The highest BCUT2D eigenvalue weighted by Gasteiger charge is 2.65. The maximum Gasteiger partial charge on any atom is 0.306 e. The molecule has 24 heavy (non-hydrogen) atoms. The molecule has 4 aliphatic rings. The number of halogens is 1. The van der Waals surface area contributed by atoms with Gasteiger partial charge in [-0.25, -0.2) is 4.39 Å². The zero-order valence-electron chi connectivity index (χ0n) is 14.3. The van der Waals surface area contributed by atoms with Crippen molar-refractivity contribution in [2.75, 3.05) is 0 Å². The third-order valence-electron chi connectivity index (χ3n) is 8.02. The first-order chi connectivity index (χ1) is 11.5. The van der Waals surface area contributed by atoms with Gasteiger partial charge >= 0.3 is 5.97 Å². The molecule has 1 aromatic rings. The van der Waals surface area contributed by atoms with Crippen molar-refractivity contribution in [3.05, 3.63) is 35.1 Å².